The second kappa shape index (κ2) is 5.95. The van der Waals surface area contributed by atoms with Gasteiger partial charge in [0, 0.05) is 25.0 Å². The molecule has 1 aliphatic rings. The summed E-state index contributed by atoms with van der Waals surface area (Å²) in [6.07, 6.45) is 0.0146. The van der Waals surface area contributed by atoms with Gasteiger partial charge < -0.3 is 9.64 Å². The lowest BCUT2D eigenvalue weighted by atomic mass is 10.1. The molecule has 1 aromatic carbocycles. The van der Waals surface area contributed by atoms with E-state index < -0.39 is 0 Å². The van der Waals surface area contributed by atoms with E-state index in [2.05, 4.69) is 16.9 Å². The Hall–Kier alpha value is -1.72. The molecule has 2 aromatic rings. The molecule has 1 aliphatic heterocycles. The number of carbonyl (C=O) groups excluding carboxylic acids is 1. The summed E-state index contributed by atoms with van der Waals surface area (Å²) < 4.78 is 7.55. The molecule has 3 rings (SSSR count). The van der Waals surface area contributed by atoms with Crippen molar-refractivity contribution in [3.8, 4) is 0 Å². The molecule has 0 amide bonds. The summed E-state index contributed by atoms with van der Waals surface area (Å²) in [6, 6.07) is 8.07. The Morgan fingerprint density at radius 3 is 3.00 bits per heavy atom. The van der Waals surface area contributed by atoms with Crippen LogP contribution < -0.4 is 0 Å². The van der Waals surface area contributed by atoms with Gasteiger partial charge >= 0.3 is 0 Å². The molecule has 0 saturated carbocycles. The average Bonchev–Trinajstić information content (AvgIpc) is 2.85. The Bertz CT molecular complexity index is 650. The van der Waals surface area contributed by atoms with E-state index in [1.165, 1.54) is 0 Å². The summed E-state index contributed by atoms with van der Waals surface area (Å²) in [5, 5.41) is 5.65. The molecule has 0 radical (unpaired) electrons. The number of ether oxygens (including phenoxy) is 1. The third-order valence-electron chi connectivity index (χ3n) is 4.00. The van der Waals surface area contributed by atoms with Crippen molar-refractivity contribution in [3.05, 3.63) is 30.0 Å². The van der Waals surface area contributed by atoms with E-state index in [4.69, 9.17) is 4.74 Å². The van der Waals surface area contributed by atoms with Crippen LogP contribution >= 0.6 is 0 Å². The standard InChI is InChI=1S/C16H21N3O2/c1-3-19-14-7-5-4-6-12(14)13(17-19)10-15(20)16-11-18(2)8-9-21-16/h4-7,16H,3,8-11H2,1-2H3. The molecule has 0 bridgehead atoms. The van der Waals surface area contributed by atoms with Crippen LogP contribution in [0.25, 0.3) is 10.9 Å². The van der Waals surface area contributed by atoms with Gasteiger partial charge in [-0.1, -0.05) is 18.2 Å². The van der Waals surface area contributed by atoms with Gasteiger partial charge in [-0.05, 0) is 20.0 Å². The van der Waals surface area contributed by atoms with Crippen LogP contribution in [0, 0.1) is 0 Å². The van der Waals surface area contributed by atoms with E-state index in [1.807, 2.05) is 36.0 Å². The minimum atomic E-state index is -0.325. The van der Waals surface area contributed by atoms with Gasteiger partial charge in [-0.25, -0.2) is 0 Å². The van der Waals surface area contributed by atoms with Crippen LogP contribution in [-0.2, 0) is 22.5 Å². The molecule has 1 aromatic heterocycles. The summed E-state index contributed by atoms with van der Waals surface area (Å²) in [7, 11) is 2.02. The average molecular weight is 287 g/mol. The van der Waals surface area contributed by atoms with Gasteiger partial charge in [0.2, 0.25) is 0 Å². The lowest BCUT2D eigenvalue weighted by Gasteiger charge is -2.28. The van der Waals surface area contributed by atoms with Crippen molar-refractivity contribution in [2.24, 2.45) is 0 Å². The maximum atomic E-state index is 12.5. The van der Waals surface area contributed by atoms with Crippen molar-refractivity contribution in [3.63, 3.8) is 0 Å². The van der Waals surface area contributed by atoms with Gasteiger partial charge in [0.25, 0.3) is 0 Å². The van der Waals surface area contributed by atoms with E-state index in [-0.39, 0.29) is 11.9 Å². The van der Waals surface area contributed by atoms with Gasteiger partial charge in [0.05, 0.1) is 24.2 Å². The first kappa shape index (κ1) is 14.2. The molecule has 1 unspecified atom stereocenters. The van der Waals surface area contributed by atoms with Crippen LogP contribution in [0.2, 0.25) is 0 Å². The van der Waals surface area contributed by atoms with Crippen molar-refractivity contribution >= 4 is 16.7 Å². The monoisotopic (exact) mass is 287 g/mol. The van der Waals surface area contributed by atoms with Crippen LogP contribution in [0.15, 0.2) is 24.3 Å². The molecule has 1 fully saturated rings. The highest BCUT2D eigenvalue weighted by molar-refractivity contribution is 5.90. The van der Waals surface area contributed by atoms with E-state index in [9.17, 15) is 4.79 Å². The predicted octanol–water partition coefficient (Wildman–Crippen LogP) is 1.50. The molecule has 1 atom stereocenters. The highest BCUT2D eigenvalue weighted by Gasteiger charge is 2.26. The van der Waals surface area contributed by atoms with Crippen LogP contribution in [0.1, 0.15) is 12.6 Å². The lowest BCUT2D eigenvalue weighted by Crippen LogP contribution is -2.44. The molecule has 5 nitrogen and oxygen atoms in total. The number of nitrogens with zero attached hydrogens (tertiary/aromatic N) is 3. The number of para-hydroxylation sites is 1. The highest BCUT2D eigenvalue weighted by atomic mass is 16.5. The Morgan fingerprint density at radius 1 is 1.43 bits per heavy atom. The fourth-order valence-corrected chi connectivity index (χ4v) is 2.82. The zero-order valence-electron chi connectivity index (χ0n) is 12.6. The van der Waals surface area contributed by atoms with Crippen molar-refractivity contribution in [2.75, 3.05) is 26.7 Å². The number of carbonyl (C=O) groups is 1. The van der Waals surface area contributed by atoms with Crippen molar-refractivity contribution < 1.29 is 9.53 Å². The lowest BCUT2D eigenvalue weighted by molar-refractivity contribution is -0.134. The van der Waals surface area contributed by atoms with Crippen molar-refractivity contribution in [2.45, 2.75) is 26.0 Å². The Kier molecular flexibility index (Phi) is 4.03. The van der Waals surface area contributed by atoms with Gasteiger partial charge in [0.1, 0.15) is 6.10 Å². The maximum absolute atomic E-state index is 12.5. The predicted molar refractivity (Wildman–Crippen MR) is 81.4 cm³/mol. The van der Waals surface area contributed by atoms with Crippen LogP contribution in [0.4, 0.5) is 0 Å². The first-order valence-electron chi connectivity index (χ1n) is 7.46. The van der Waals surface area contributed by atoms with Crippen molar-refractivity contribution in [1.82, 2.24) is 14.7 Å². The molecule has 5 heteroatoms. The summed E-state index contributed by atoms with van der Waals surface area (Å²) >= 11 is 0. The van der Waals surface area contributed by atoms with E-state index >= 15 is 0 Å². The number of aromatic nitrogens is 2. The zero-order valence-corrected chi connectivity index (χ0v) is 12.6. The maximum Gasteiger partial charge on any atom is 0.168 e. The number of morpholine rings is 1. The molecular weight excluding hydrogens is 266 g/mol. The molecule has 1 saturated heterocycles. The van der Waals surface area contributed by atoms with Gasteiger partial charge in [-0.3, -0.25) is 9.48 Å². The molecule has 112 valence electrons. The molecular formula is C16H21N3O2. The Labute approximate surface area is 124 Å². The minimum absolute atomic E-state index is 0.119. The quantitative estimate of drug-likeness (QED) is 0.855. The normalized spacial score (nSPS) is 20.0. The summed E-state index contributed by atoms with van der Waals surface area (Å²) in [5.74, 6) is 0.119. The fourth-order valence-electron chi connectivity index (χ4n) is 2.82. The number of fused-ring (bicyclic) bond motifs is 1. The summed E-state index contributed by atoms with van der Waals surface area (Å²) in [4.78, 5) is 14.6. The molecule has 2 heterocycles. The van der Waals surface area contributed by atoms with Crippen molar-refractivity contribution in [1.29, 1.82) is 0 Å². The van der Waals surface area contributed by atoms with Gasteiger partial charge in [-0.15, -0.1) is 0 Å². The zero-order chi connectivity index (χ0) is 14.8. The molecule has 0 N–H and O–H groups in total. The summed E-state index contributed by atoms with van der Waals surface area (Å²) in [5.41, 5.74) is 1.94. The van der Waals surface area contributed by atoms with E-state index in [0.29, 0.717) is 19.6 Å². The number of hydrogen-bond acceptors (Lipinski definition) is 4. The fraction of sp³-hybridized carbons (Fsp3) is 0.500. The van der Waals surface area contributed by atoms with Gasteiger partial charge in [-0.2, -0.15) is 5.10 Å². The number of Topliss-reactive ketones (excluding diaryl/α,β-unsaturated/α-hetero) is 1. The minimum Gasteiger partial charge on any atom is -0.368 e. The molecule has 0 spiro atoms. The number of likely N-dealkylation sites (N-methyl/N-ethyl adjacent to an activating group) is 1. The number of aryl methyl sites for hydroxylation is 1. The Balaban J connectivity index is 1.83. The first-order chi connectivity index (χ1) is 10.2. The number of ketones is 1. The number of hydrogen-bond donors (Lipinski definition) is 0. The second-order valence-corrected chi connectivity index (χ2v) is 5.54. The molecule has 21 heavy (non-hydrogen) atoms. The smallest absolute Gasteiger partial charge is 0.168 e. The topological polar surface area (TPSA) is 47.4 Å². The first-order valence-corrected chi connectivity index (χ1v) is 7.46. The third kappa shape index (κ3) is 2.84. The number of benzene rings is 1. The van der Waals surface area contributed by atoms with E-state index in [0.717, 1.165) is 29.7 Å². The largest absolute Gasteiger partial charge is 0.368 e. The van der Waals surface area contributed by atoms with Crippen LogP contribution in [0.5, 0.6) is 0 Å². The number of rotatable bonds is 4. The second-order valence-electron chi connectivity index (χ2n) is 5.54. The van der Waals surface area contributed by atoms with Crippen LogP contribution in [-0.4, -0.2) is 53.3 Å². The Morgan fingerprint density at radius 2 is 2.24 bits per heavy atom. The third-order valence-corrected chi connectivity index (χ3v) is 4.00. The molecule has 0 aliphatic carbocycles. The highest BCUT2D eigenvalue weighted by Crippen LogP contribution is 2.20. The SMILES string of the molecule is CCn1nc(CC(=O)C2CN(C)CCO2)c2ccccc21. The van der Waals surface area contributed by atoms with Gasteiger partial charge in [0.15, 0.2) is 5.78 Å². The van der Waals surface area contributed by atoms with Crippen LogP contribution in [0.3, 0.4) is 0 Å². The van der Waals surface area contributed by atoms with E-state index in [1.54, 1.807) is 0 Å². The summed E-state index contributed by atoms with van der Waals surface area (Å²) in [6.45, 7) is 5.04.